The van der Waals surface area contributed by atoms with E-state index in [1.54, 1.807) is 17.4 Å². The summed E-state index contributed by atoms with van der Waals surface area (Å²) in [6.45, 7) is 3.82. The summed E-state index contributed by atoms with van der Waals surface area (Å²) in [6, 6.07) is 5.54. The number of nitrogens with two attached hydrogens (primary N) is 2. The van der Waals surface area contributed by atoms with E-state index in [-0.39, 0.29) is 5.54 Å². The summed E-state index contributed by atoms with van der Waals surface area (Å²) in [4.78, 5) is 13.2. The first-order chi connectivity index (χ1) is 12.9. The zero-order valence-corrected chi connectivity index (χ0v) is 17.9. The molecule has 4 rings (SSSR count). The molecule has 0 aliphatic carbocycles. The minimum Gasteiger partial charge on any atom is -0.383 e. The van der Waals surface area contributed by atoms with E-state index < -0.39 is 0 Å². The first-order valence-electron chi connectivity index (χ1n) is 8.54. The lowest BCUT2D eigenvalue weighted by molar-refractivity contribution is 0.363. The topological polar surface area (TPSA) is 81.1 Å². The van der Waals surface area contributed by atoms with Crippen LogP contribution in [-0.2, 0) is 0 Å². The molecular weight excluding hydrogens is 421 g/mol. The van der Waals surface area contributed by atoms with Crippen LogP contribution in [0.2, 0.25) is 10.0 Å². The summed E-state index contributed by atoms with van der Waals surface area (Å²) >= 11 is 15.5. The van der Waals surface area contributed by atoms with Crippen LogP contribution in [-0.4, -0.2) is 28.6 Å². The van der Waals surface area contributed by atoms with Gasteiger partial charge in [-0.05, 0) is 31.9 Å². The highest BCUT2D eigenvalue weighted by atomic mass is 35.5. The number of nitrogens with zero attached hydrogens (tertiary/aromatic N) is 3. The molecule has 0 amide bonds. The molecule has 2 aromatic heterocycles. The second-order valence-electron chi connectivity index (χ2n) is 6.97. The molecule has 0 spiro atoms. The molecule has 3 aromatic rings. The Kier molecular flexibility index (Phi) is 5.16. The van der Waals surface area contributed by atoms with Crippen LogP contribution in [0, 0.1) is 0 Å². The molecule has 0 unspecified atom stereocenters. The number of hydrogen-bond donors (Lipinski definition) is 2. The Morgan fingerprint density at radius 2 is 2.00 bits per heavy atom. The Labute approximate surface area is 176 Å². The van der Waals surface area contributed by atoms with Gasteiger partial charge in [0.15, 0.2) is 5.82 Å². The van der Waals surface area contributed by atoms with Crippen molar-refractivity contribution in [1.29, 1.82) is 0 Å². The van der Waals surface area contributed by atoms with Crippen LogP contribution in [0.3, 0.4) is 0 Å². The van der Waals surface area contributed by atoms with Crippen molar-refractivity contribution < 1.29 is 0 Å². The maximum atomic E-state index is 6.35. The first-order valence-corrected chi connectivity index (χ1v) is 11.0. The number of fused-ring (bicyclic) bond motifs is 1. The number of hydrogen-bond acceptors (Lipinski definition) is 7. The van der Waals surface area contributed by atoms with Crippen molar-refractivity contribution in [2.24, 2.45) is 5.73 Å². The van der Waals surface area contributed by atoms with Gasteiger partial charge in [0.25, 0.3) is 0 Å². The summed E-state index contributed by atoms with van der Waals surface area (Å²) in [5, 5.41) is 1.02. The first kappa shape index (κ1) is 19.1. The number of aromatic nitrogens is 2. The number of anilines is 2. The largest absolute Gasteiger partial charge is 0.383 e. The predicted molar refractivity (Wildman–Crippen MR) is 116 cm³/mol. The lowest BCUT2D eigenvalue weighted by atomic mass is 9.91. The molecule has 1 aliphatic rings. The molecule has 9 heteroatoms. The van der Waals surface area contributed by atoms with Gasteiger partial charge in [-0.25, -0.2) is 9.97 Å². The molecule has 0 atom stereocenters. The summed E-state index contributed by atoms with van der Waals surface area (Å²) in [7, 11) is 0. The third kappa shape index (κ3) is 3.71. The standard InChI is InChI=1S/C18H19Cl2N5S2/c1-18(22)5-7-25(8-6-18)17-15-13(23-9-26-15)14(16(21)24-17)27-11-4-2-3-10(19)12(11)20/h2-4,9H,5-8,22H2,1H3,(H2,21,24). The van der Waals surface area contributed by atoms with Crippen molar-refractivity contribution in [2.45, 2.75) is 35.1 Å². The minimum absolute atomic E-state index is 0.117. The van der Waals surface area contributed by atoms with Crippen LogP contribution in [0.25, 0.3) is 10.2 Å². The Balaban J connectivity index is 1.73. The Hall–Kier alpha value is -1.25. The lowest BCUT2D eigenvalue weighted by Gasteiger charge is -2.37. The molecular formula is C18H19Cl2N5S2. The molecule has 1 aliphatic heterocycles. The molecule has 1 fully saturated rings. The SMILES string of the molecule is CC1(N)CCN(c2nc(N)c(Sc3cccc(Cl)c3Cl)c3ncsc23)CC1. The zero-order chi connectivity index (χ0) is 19.2. The number of halogens is 2. The van der Waals surface area contributed by atoms with Gasteiger partial charge in [0.05, 0.1) is 25.2 Å². The number of benzene rings is 1. The molecule has 1 aromatic carbocycles. The van der Waals surface area contributed by atoms with Gasteiger partial charge < -0.3 is 16.4 Å². The molecule has 0 saturated carbocycles. The minimum atomic E-state index is -0.117. The molecule has 4 N–H and O–H groups in total. The van der Waals surface area contributed by atoms with E-state index in [0.29, 0.717) is 15.9 Å². The van der Waals surface area contributed by atoms with E-state index in [2.05, 4.69) is 16.8 Å². The molecule has 27 heavy (non-hydrogen) atoms. The summed E-state index contributed by atoms with van der Waals surface area (Å²) in [5.74, 6) is 1.34. The van der Waals surface area contributed by atoms with Crippen molar-refractivity contribution in [3.05, 3.63) is 33.8 Å². The molecule has 5 nitrogen and oxygen atoms in total. The third-order valence-corrected chi connectivity index (χ3v) is 7.70. The number of nitrogen functional groups attached to an aromatic ring is 1. The zero-order valence-electron chi connectivity index (χ0n) is 14.7. The van der Waals surface area contributed by atoms with Crippen LogP contribution >= 0.6 is 46.3 Å². The van der Waals surface area contributed by atoms with Crippen LogP contribution in [0.15, 0.2) is 33.5 Å². The lowest BCUT2D eigenvalue weighted by Crippen LogP contribution is -2.48. The van der Waals surface area contributed by atoms with E-state index in [4.69, 9.17) is 39.7 Å². The molecule has 0 bridgehead atoms. The van der Waals surface area contributed by atoms with Gasteiger partial charge in [-0.2, -0.15) is 0 Å². The van der Waals surface area contributed by atoms with Crippen molar-refractivity contribution >= 4 is 68.2 Å². The van der Waals surface area contributed by atoms with Crippen molar-refractivity contribution in [3.8, 4) is 0 Å². The quantitative estimate of drug-likeness (QED) is 0.593. The van der Waals surface area contributed by atoms with E-state index >= 15 is 0 Å². The van der Waals surface area contributed by atoms with Gasteiger partial charge in [-0.15, -0.1) is 11.3 Å². The average molecular weight is 440 g/mol. The highest BCUT2D eigenvalue weighted by Crippen LogP contribution is 2.44. The summed E-state index contributed by atoms with van der Waals surface area (Å²) in [5.41, 5.74) is 15.2. The number of rotatable bonds is 3. The molecule has 3 heterocycles. The number of thiazole rings is 1. The van der Waals surface area contributed by atoms with Gasteiger partial charge in [0, 0.05) is 23.5 Å². The predicted octanol–water partition coefficient (Wildman–Crippen LogP) is 5.05. The average Bonchev–Trinajstić information content (AvgIpc) is 3.10. The number of piperidine rings is 1. The van der Waals surface area contributed by atoms with Crippen LogP contribution in [0.1, 0.15) is 19.8 Å². The monoisotopic (exact) mass is 439 g/mol. The van der Waals surface area contributed by atoms with Gasteiger partial charge >= 0.3 is 0 Å². The van der Waals surface area contributed by atoms with Crippen LogP contribution < -0.4 is 16.4 Å². The maximum Gasteiger partial charge on any atom is 0.150 e. The molecule has 1 saturated heterocycles. The van der Waals surface area contributed by atoms with E-state index in [1.165, 1.54) is 11.8 Å². The van der Waals surface area contributed by atoms with Gasteiger partial charge in [-0.1, -0.05) is 41.0 Å². The fraction of sp³-hybridized carbons (Fsp3) is 0.333. The highest BCUT2D eigenvalue weighted by Gasteiger charge is 2.29. The van der Waals surface area contributed by atoms with Crippen molar-refractivity contribution in [1.82, 2.24) is 9.97 Å². The Morgan fingerprint density at radius 1 is 1.26 bits per heavy atom. The Morgan fingerprint density at radius 3 is 2.74 bits per heavy atom. The smallest absolute Gasteiger partial charge is 0.150 e. The maximum absolute atomic E-state index is 6.35. The summed E-state index contributed by atoms with van der Waals surface area (Å²) in [6.07, 6.45) is 1.84. The van der Waals surface area contributed by atoms with Gasteiger partial charge in [-0.3, -0.25) is 0 Å². The summed E-state index contributed by atoms with van der Waals surface area (Å²) < 4.78 is 1.03. The molecule has 0 radical (unpaired) electrons. The third-order valence-electron chi connectivity index (χ3n) is 4.78. The van der Waals surface area contributed by atoms with Gasteiger partial charge in [0.1, 0.15) is 11.3 Å². The van der Waals surface area contributed by atoms with Crippen molar-refractivity contribution in [2.75, 3.05) is 23.7 Å². The van der Waals surface area contributed by atoms with Crippen LogP contribution in [0.4, 0.5) is 11.6 Å². The van der Waals surface area contributed by atoms with E-state index in [1.807, 2.05) is 17.6 Å². The fourth-order valence-electron chi connectivity index (χ4n) is 3.12. The normalized spacial score (nSPS) is 16.8. The fourth-order valence-corrected chi connectivity index (χ4v) is 5.44. The van der Waals surface area contributed by atoms with E-state index in [0.717, 1.165) is 51.8 Å². The Bertz CT molecular complexity index is 995. The van der Waals surface area contributed by atoms with E-state index in [9.17, 15) is 0 Å². The second kappa shape index (κ2) is 7.29. The number of pyridine rings is 1. The highest BCUT2D eigenvalue weighted by molar-refractivity contribution is 7.99. The molecule has 142 valence electrons. The van der Waals surface area contributed by atoms with Crippen LogP contribution in [0.5, 0.6) is 0 Å². The van der Waals surface area contributed by atoms with Gasteiger partial charge in [0.2, 0.25) is 0 Å². The van der Waals surface area contributed by atoms with Crippen molar-refractivity contribution in [3.63, 3.8) is 0 Å². The second-order valence-corrected chi connectivity index (χ2v) is 9.67.